The van der Waals surface area contributed by atoms with Crippen molar-refractivity contribution in [2.75, 3.05) is 14.2 Å². The van der Waals surface area contributed by atoms with Crippen LogP contribution in [0.5, 0.6) is 11.5 Å². The van der Waals surface area contributed by atoms with Gasteiger partial charge in [-0.15, -0.1) is 0 Å². The first-order valence-corrected chi connectivity index (χ1v) is 6.45. The molecule has 104 valence electrons. The first kappa shape index (κ1) is 14.1. The molecule has 0 aliphatic heterocycles. The van der Waals surface area contributed by atoms with Crippen molar-refractivity contribution >= 4 is 5.78 Å². The molecule has 0 heterocycles. The second-order valence-electron chi connectivity index (χ2n) is 4.59. The van der Waals surface area contributed by atoms with Crippen LogP contribution in [-0.2, 0) is 6.42 Å². The Hall–Kier alpha value is -2.29. The molecule has 2 aromatic carbocycles. The number of methoxy groups -OCH3 is 2. The largest absolute Gasteiger partial charge is 0.497 e. The summed E-state index contributed by atoms with van der Waals surface area (Å²) in [5.74, 6) is 1.25. The van der Waals surface area contributed by atoms with E-state index in [1.165, 1.54) is 0 Å². The summed E-state index contributed by atoms with van der Waals surface area (Å²) in [6.07, 6.45) is 0.357. The first-order valence-electron chi connectivity index (χ1n) is 6.45. The van der Waals surface area contributed by atoms with E-state index in [1.54, 1.807) is 32.4 Å². The summed E-state index contributed by atoms with van der Waals surface area (Å²) in [6, 6.07) is 13.1. The van der Waals surface area contributed by atoms with Crippen molar-refractivity contribution in [1.29, 1.82) is 0 Å². The van der Waals surface area contributed by atoms with E-state index in [-0.39, 0.29) is 5.78 Å². The summed E-state index contributed by atoms with van der Waals surface area (Å²) in [6.45, 7) is 2.01. The van der Waals surface area contributed by atoms with Crippen LogP contribution >= 0.6 is 0 Å². The van der Waals surface area contributed by atoms with Crippen molar-refractivity contribution in [2.24, 2.45) is 0 Å². The van der Waals surface area contributed by atoms with Crippen molar-refractivity contribution in [1.82, 2.24) is 0 Å². The predicted octanol–water partition coefficient (Wildman–Crippen LogP) is 3.44. The highest BCUT2D eigenvalue weighted by atomic mass is 16.5. The predicted molar refractivity (Wildman–Crippen MR) is 78.8 cm³/mol. The molecule has 0 atom stereocenters. The summed E-state index contributed by atoms with van der Waals surface area (Å²) in [5.41, 5.74) is 2.69. The summed E-state index contributed by atoms with van der Waals surface area (Å²) < 4.78 is 10.4. The zero-order chi connectivity index (χ0) is 14.5. The maximum Gasteiger partial charge on any atom is 0.171 e. The number of rotatable bonds is 5. The first-order chi connectivity index (χ1) is 9.65. The van der Waals surface area contributed by atoms with Crippen LogP contribution in [0.1, 0.15) is 21.5 Å². The van der Waals surface area contributed by atoms with Gasteiger partial charge in [-0.25, -0.2) is 0 Å². The molecule has 3 nitrogen and oxygen atoms in total. The molecule has 0 aliphatic rings. The molecule has 0 unspecified atom stereocenters. The highest BCUT2D eigenvalue weighted by molar-refractivity contribution is 6.00. The normalized spacial score (nSPS) is 10.2. The Morgan fingerprint density at radius 3 is 2.45 bits per heavy atom. The number of carbonyl (C=O) groups is 1. The molecule has 2 aromatic rings. The van der Waals surface area contributed by atoms with Crippen molar-refractivity contribution in [3.05, 3.63) is 59.2 Å². The van der Waals surface area contributed by atoms with Crippen molar-refractivity contribution < 1.29 is 14.3 Å². The number of hydrogen-bond donors (Lipinski definition) is 0. The molecule has 0 saturated heterocycles. The van der Waals surface area contributed by atoms with E-state index in [9.17, 15) is 4.79 Å². The highest BCUT2D eigenvalue weighted by Crippen LogP contribution is 2.25. The molecule has 0 N–H and O–H groups in total. The minimum atomic E-state index is 0.0232. The Morgan fingerprint density at radius 1 is 1.05 bits per heavy atom. The molecule has 3 heteroatoms. The van der Waals surface area contributed by atoms with Crippen LogP contribution in [0.3, 0.4) is 0 Å². The molecular formula is C17H18O3. The molecule has 0 radical (unpaired) electrons. The van der Waals surface area contributed by atoms with Gasteiger partial charge in [0.2, 0.25) is 0 Å². The summed E-state index contributed by atoms with van der Waals surface area (Å²) >= 11 is 0. The van der Waals surface area contributed by atoms with E-state index in [4.69, 9.17) is 9.47 Å². The Labute approximate surface area is 119 Å². The van der Waals surface area contributed by atoms with E-state index in [2.05, 4.69) is 0 Å². The number of carbonyl (C=O) groups excluding carboxylic acids is 1. The average Bonchev–Trinajstić information content (AvgIpc) is 2.48. The van der Waals surface area contributed by atoms with Gasteiger partial charge in [-0.1, -0.05) is 24.3 Å². The molecular weight excluding hydrogens is 252 g/mol. The zero-order valence-corrected chi connectivity index (χ0v) is 12.0. The Bertz CT molecular complexity index is 617. The number of benzene rings is 2. The van der Waals surface area contributed by atoms with E-state index < -0.39 is 0 Å². The standard InChI is InChI=1S/C17H18O3/c1-12-6-4-5-7-13(12)10-16(18)15-11-14(19-2)8-9-17(15)20-3/h4-9,11H,10H2,1-3H3. The summed E-state index contributed by atoms with van der Waals surface area (Å²) in [5, 5.41) is 0. The lowest BCUT2D eigenvalue weighted by atomic mass is 9.99. The van der Waals surface area contributed by atoms with Crippen molar-refractivity contribution in [3.63, 3.8) is 0 Å². The number of aryl methyl sites for hydroxylation is 1. The topological polar surface area (TPSA) is 35.5 Å². The van der Waals surface area contributed by atoms with Crippen LogP contribution in [-0.4, -0.2) is 20.0 Å². The zero-order valence-electron chi connectivity index (χ0n) is 12.0. The fourth-order valence-electron chi connectivity index (χ4n) is 2.11. The fraction of sp³-hybridized carbons (Fsp3) is 0.235. The van der Waals surface area contributed by atoms with Crippen LogP contribution in [0.25, 0.3) is 0 Å². The third-order valence-corrected chi connectivity index (χ3v) is 3.32. The van der Waals surface area contributed by atoms with Crippen LogP contribution in [0, 0.1) is 6.92 Å². The fourth-order valence-corrected chi connectivity index (χ4v) is 2.11. The SMILES string of the molecule is COc1ccc(OC)c(C(=O)Cc2ccccc2C)c1. The lowest BCUT2D eigenvalue weighted by Crippen LogP contribution is -2.07. The Morgan fingerprint density at radius 2 is 1.80 bits per heavy atom. The molecule has 0 aromatic heterocycles. The number of ketones is 1. The number of Topliss-reactive ketones (excluding diaryl/α,β-unsaturated/α-hetero) is 1. The Balaban J connectivity index is 2.31. The maximum atomic E-state index is 12.5. The number of hydrogen-bond acceptors (Lipinski definition) is 3. The van der Waals surface area contributed by atoms with Crippen LogP contribution in [0.4, 0.5) is 0 Å². The molecule has 0 fully saturated rings. The van der Waals surface area contributed by atoms with Gasteiger partial charge in [0.25, 0.3) is 0 Å². The average molecular weight is 270 g/mol. The van der Waals surface area contributed by atoms with Crippen molar-refractivity contribution in [3.8, 4) is 11.5 Å². The maximum absolute atomic E-state index is 12.5. The second kappa shape index (κ2) is 6.24. The molecule has 2 rings (SSSR count). The van der Waals surface area contributed by atoms with E-state index in [1.807, 2.05) is 31.2 Å². The molecule has 0 spiro atoms. The van der Waals surface area contributed by atoms with Gasteiger partial charge < -0.3 is 9.47 Å². The van der Waals surface area contributed by atoms with Gasteiger partial charge in [0.1, 0.15) is 11.5 Å². The van der Waals surface area contributed by atoms with E-state index >= 15 is 0 Å². The van der Waals surface area contributed by atoms with Gasteiger partial charge in [-0.05, 0) is 36.2 Å². The molecule has 0 aliphatic carbocycles. The quantitative estimate of drug-likeness (QED) is 0.781. The van der Waals surface area contributed by atoms with Gasteiger partial charge in [-0.3, -0.25) is 4.79 Å². The van der Waals surface area contributed by atoms with E-state index in [0.717, 1.165) is 11.1 Å². The lowest BCUT2D eigenvalue weighted by molar-refractivity contribution is 0.0989. The van der Waals surface area contributed by atoms with Gasteiger partial charge >= 0.3 is 0 Å². The molecule has 20 heavy (non-hydrogen) atoms. The van der Waals surface area contributed by atoms with Crippen molar-refractivity contribution in [2.45, 2.75) is 13.3 Å². The molecule has 0 saturated carbocycles. The van der Waals surface area contributed by atoms with Crippen LogP contribution in [0.2, 0.25) is 0 Å². The smallest absolute Gasteiger partial charge is 0.171 e. The Kier molecular flexibility index (Phi) is 4.41. The lowest BCUT2D eigenvalue weighted by Gasteiger charge is -2.10. The summed E-state index contributed by atoms with van der Waals surface area (Å²) in [4.78, 5) is 12.5. The van der Waals surface area contributed by atoms with Crippen LogP contribution in [0.15, 0.2) is 42.5 Å². The summed E-state index contributed by atoms with van der Waals surface area (Å²) in [7, 11) is 3.14. The highest BCUT2D eigenvalue weighted by Gasteiger charge is 2.15. The van der Waals surface area contributed by atoms with Crippen LogP contribution < -0.4 is 9.47 Å². The third-order valence-electron chi connectivity index (χ3n) is 3.32. The minimum Gasteiger partial charge on any atom is -0.497 e. The second-order valence-corrected chi connectivity index (χ2v) is 4.59. The van der Waals surface area contributed by atoms with Gasteiger partial charge in [0.05, 0.1) is 19.8 Å². The van der Waals surface area contributed by atoms with Gasteiger partial charge in [0, 0.05) is 6.42 Å². The molecule has 0 bridgehead atoms. The van der Waals surface area contributed by atoms with Gasteiger partial charge in [-0.2, -0.15) is 0 Å². The third kappa shape index (κ3) is 2.99. The molecule has 0 amide bonds. The van der Waals surface area contributed by atoms with E-state index in [0.29, 0.717) is 23.5 Å². The minimum absolute atomic E-state index is 0.0232. The number of ether oxygens (including phenoxy) is 2. The van der Waals surface area contributed by atoms with Gasteiger partial charge in [0.15, 0.2) is 5.78 Å². The monoisotopic (exact) mass is 270 g/mol.